The number of halogens is 3. The molecule has 0 fully saturated rings. The van der Waals surface area contributed by atoms with E-state index < -0.39 is 18.4 Å². The van der Waals surface area contributed by atoms with Gasteiger partial charge in [-0.15, -0.1) is 0 Å². The molecule has 0 saturated carbocycles. The van der Waals surface area contributed by atoms with Crippen LogP contribution in [0.5, 0.6) is 5.75 Å². The molecular formula is C12H11F3O2. The van der Waals surface area contributed by atoms with Crippen LogP contribution in [-0.2, 0) is 6.42 Å². The fraction of sp³-hybridized carbons (Fsp3) is 0.417. The van der Waals surface area contributed by atoms with Crippen molar-refractivity contribution >= 4 is 5.78 Å². The number of ketones is 1. The molecule has 92 valence electrons. The lowest BCUT2D eigenvalue weighted by molar-refractivity contribution is -0.125. The minimum Gasteiger partial charge on any atom is -0.490 e. The van der Waals surface area contributed by atoms with Gasteiger partial charge in [0.1, 0.15) is 18.3 Å². The van der Waals surface area contributed by atoms with Gasteiger partial charge >= 0.3 is 6.18 Å². The first-order chi connectivity index (χ1) is 7.85. The van der Waals surface area contributed by atoms with Gasteiger partial charge in [0.2, 0.25) is 0 Å². The third kappa shape index (κ3) is 2.78. The van der Waals surface area contributed by atoms with Crippen molar-refractivity contribution < 1.29 is 22.7 Å². The van der Waals surface area contributed by atoms with Crippen LogP contribution >= 0.6 is 0 Å². The van der Waals surface area contributed by atoms with Crippen LogP contribution in [0.1, 0.15) is 29.3 Å². The molecule has 1 atom stereocenters. The second-order valence-corrected chi connectivity index (χ2v) is 4.17. The van der Waals surface area contributed by atoms with Gasteiger partial charge in [-0.1, -0.05) is 0 Å². The molecule has 5 heteroatoms. The zero-order valence-electron chi connectivity index (χ0n) is 9.17. The van der Waals surface area contributed by atoms with Gasteiger partial charge in [0.15, 0.2) is 5.78 Å². The quantitative estimate of drug-likeness (QED) is 0.747. The number of carbonyl (C=O) groups excluding carboxylic acids is 1. The lowest BCUT2D eigenvalue weighted by atomic mass is 10.0. The third-order valence-electron chi connectivity index (χ3n) is 2.58. The first-order valence-corrected chi connectivity index (χ1v) is 5.25. The Kier molecular flexibility index (Phi) is 2.85. The summed E-state index contributed by atoms with van der Waals surface area (Å²) in [5.74, 6) is -0.249. The summed E-state index contributed by atoms with van der Waals surface area (Å²) in [6, 6.07) is 4.43. The summed E-state index contributed by atoms with van der Waals surface area (Å²) in [6.07, 6.45) is -5.23. The highest BCUT2D eigenvalue weighted by atomic mass is 19.4. The van der Waals surface area contributed by atoms with Crippen molar-refractivity contribution in [3.63, 3.8) is 0 Å². The normalized spacial score (nSPS) is 18.7. The molecule has 2 rings (SSSR count). The van der Waals surface area contributed by atoms with Crippen molar-refractivity contribution in [2.24, 2.45) is 0 Å². The molecule has 1 aliphatic heterocycles. The van der Waals surface area contributed by atoms with Crippen molar-refractivity contribution in [3.05, 3.63) is 29.3 Å². The van der Waals surface area contributed by atoms with Crippen molar-refractivity contribution in [3.8, 4) is 5.75 Å². The summed E-state index contributed by atoms with van der Waals surface area (Å²) < 4.78 is 41.7. The van der Waals surface area contributed by atoms with E-state index in [2.05, 4.69) is 0 Å². The number of hydrogen-bond donors (Lipinski definition) is 0. The van der Waals surface area contributed by atoms with E-state index in [-0.39, 0.29) is 11.7 Å². The summed E-state index contributed by atoms with van der Waals surface area (Å²) in [5.41, 5.74) is 0.893. The topological polar surface area (TPSA) is 26.3 Å². The standard InChI is InChI=1S/C12H11F3O2/c1-7-4-9-5-8(2-3-11(9)17-7)10(16)6-12(13,14)15/h2-3,5,7H,4,6H2,1H3. The van der Waals surface area contributed by atoms with Gasteiger partial charge in [0, 0.05) is 12.0 Å². The number of Topliss-reactive ketones (excluding diaryl/α,β-unsaturated/α-hetero) is 1. The molecule has 0 bridgehead atoms. The zero-order chi connectivity index (χ0) is 12.6. The smallest absolute Gasteiger partial charge is 0.396 e. The highest BCUT2D eigenvalue weighted by Gasteiger charge is 2.32. The van der Waals surface area contributed by atoms with Crippen LogP contribution in [0, 0.1) is 0 Å². The number of benzene rings is 1. The van der Waals surface area contributed by atoms with Gasteiger partial charge in [-0.2, -0.15) is 13.2 Å². The molecule has 17 heavy (non-hydrogen) atoms. The Morgan fingerprint density at radius 2 is 2.18 bits per heavy atom. The monoisotopic (exact) mass is 244 g/mol. The molecule has 0 aliphatic carbocycles. The molecule has 1 aromatic carbocycles. The predicted octanol–water partition coefficient (Wildman–Crippen LogP) is 3.15. The Balaban J connectivity index is 2.19. The molecule has 1 unspecified atom stereocenters. The summed E-state index contributed by atoms with van der Waals surface area (Å²) in [5, 5.41) is 0. The van der Waals surface area contributed by atoms with Gasteiger partial charge in [-0.3, -0.25) is 4.79 Å². The van der Waals surface area contributed by atoms with E-state index in [4.69, 9.17) is 4.74 Å². The number of carbonyl (C=O) groups is 1. The molecule has 0 amide bonds. The third-order valence-corrected chi connectivity index (χ3v) is 2.58. The molecule has 2 nitrogen and oxygen atoms in total. The Morgan fingerprint density at radius 3 is 2.82 bits per heavy atom. The molecule has 0 aromatic heterocycles. The Bertz CT molecular complexity index is 452. The van der Waals surface area contributed by atoms with Crippen LogP contribution in [-0.4, -0.2) is 18.1 Å². The van der Waals surface area contributed by atoms with Crippen molar-refractivity contribution in [1.29, 1.82) is 0 Å². The summed E-state index contributed by atoms with van der Waals surface area (Å²) in [4.78, 5) is 11.4. The number of alkyl halides is 3. The maximum absolute atomic E-state index is 12.1. The molecule has 1 heterocycles. The molecule has 0 radical (unpaired) electrons. The fourth-order valence-corrected chi connectivity index (χ4v) is 1.88. The Labute approximate surface area is 96.4 Å². The van der Waals surface area contributed by atoms with Crippen molar-refractivity contribution in [1.82, 2.24) is 0 Å². The average Bonchev–Trinajstić information content (AvgIpc) is 2.53. The maximum Gasteiger partial charge on any atom is 0.396 e. The number of rotatable bonds is 2. The lowest BCUT2D eigenvalue weighted by Crippen LogP contribution is -2.15. The van der Waals surface area contributed by atoms with Gasteiger partial charge in [-0.05, 0) is 30.7 Å². The van der Waals surface area contributed by atoms with Gasteiger partial charge < -0.3 is 4.74 Å². The molecule has 1 aromatic rings. The van der Waals surface area contributed by atoms with E-state index in [0.29, 0.717) is 12.2 Å². The van der Waals surface area contributed by atoms with Crippen LogP contribution in [0.2, 0.25) is 0 Å². The summed E-state index contributed by atoms with van der Waals surface area (Å²) in [7, 11) is 0. The lowest BCUT2D eigenvalue weighted by Gasteiger charge is -2.06. The predicted molar refractivity (Wildman–Crippen MR) is 55.2 cm³/mol. The van der Waals surface area contributed by atoms with E-state index in [1.807, 2.05) is 6.92 Å². The molecular weight excluding hydrogens is 233 g/mol. The minimum atomic E-state index is -4.46. The first kappa shape index (κ1) is 12.0. The van der Waals surface area contributed by atoms with Gasteiger partial charge in [0.05, 0.1) is 0 Å². The SMILES string of the molecule is CC1Cc2cc(C(=O)CC(F)(F)F)ccc2O1. The van der Waals surface area contributed by atoms with Crippen LogP contribution < -0.4 is 4.74 Å². The second-order valence-electron chi connectivity index (χ2n) is 4.17. The van der Waals surface area contributed by atoms with E-state index >= 15 is 0 Å². The number of ether oxygens (including phenoxy) is 1. The molecule has 0 N–H and O–H groups in total. The van der Waals surface area contributed by atoms with Crippen LogP contribution in [0.25, 0.3) is 0 Å². The Hall–Kier alpha value is -1.52. The van der Waals surface area contributed by atoms with Gasteiger partial charge in [0.25, 0.3) is 0 Å². The Morgan fingerprint density at radius 1 is 1.47 bits per heavy atom. The first-order valence-electron chi connectivity index (χ1n) is 5.25. The molecule has 1 aliphatic rings. The van der Waals surface area contributed by atoms with E-state index in [0.717, 1.165) is 5.56 Å². The van der Waals surface area contributed by atoms with E-state index in [1.165, 1.54) is 12.1 Å². The van der Waals surface area contributed by atoms with Crippen molar-refractivity contribution in [2.45, 2.75) is 32.0 Å². The fourth-order valence-electron chi connectivity index (χ4n) is 1.88. The number of fused-ring (bicyclic) bond motifs is 1. The van der Waals surface area contributed by atoms with Gasteiger partial charge in [-0.25, -0.2) is 0 Å². The highest BCUT2D eigenvalue weighted by Crippen LogP contribution is 2.30. The van der Waals surface area contributed by atoms with Crippen LogP contribution in [0.3, 0.4) is 0 Å². The minimum absolute atomic E-state index is 0.0120. The average molecular weight is 244 g/mol. The second kappa shape index (κ2) is 4.05. The highest BCUT2D eigenvalue weighted by molar-refractivity contribution is 5.96. The van der Waals surface area contributed by atoms with E-state index in [1.54, 1.807) is 6.07 Å². The summed E-state index contributed by atoms with van der Waals surface area (Å²) in [6.45, 7) is 1.87. The zero-order valence-corrected chi connectivity index (χ0v) is 9.17. The largest absolute Gasteiger partial charge is 0.490 e. The van der Waals surface area contributed by atoms with Crippen LogP contribution in [0.15, 0.2) is 18.2 Å². The molecule has 0 spiro atoms. The maximum atomic E-state index is 12.1. The van der Waals surface area contributed by atoms with Crippen molar-refractivity contribution in [2.75, 3.05) is 0 Å². The summed E-state index contributed by atoms with van der Waals surface area (Å²) >= 11 is 0. The van der Waals surface area contributed by atoms with E-state index in [9.17, 15) is 18.0 Å². The number of hydrogen-bond acceptors (Lipinski definition) is 2. The van der Waals surface area contributed by atoms with Crippen LogP contribution in [0.4, 0.5) is 13.2 Å². The molecule has 0 saturated heterocycles.